The van der Waals surface area contributed by atoms with E-state index in [2.05, 4.69) is 30.6 Å². The lowest BCUT2D eigenvalue weighted by molar-refractivity contribution is -0.125. The molecule has 1 aromatic carbocycles. The molecule has 0 unspecified atom stereocenters. The molecule has 32 heavy (non-hydrogen) atoms. The molecule has 0 radical (unpaired) electrons. The molecule has 168 valence electrons. The van der Waals surface area contributed by atoms with E-state index in [4.69, 9.17) is 4.74 Å². The van der Waals surface area contributed by atoms with Crippen molar-refractivity contribution in [2.24, 2.45) is 17.8 Å². The van der Waals surface area contributed by atoms with Gasteiger partial charge in [0.1, 0.15) is 16.7 Å². The summed E-state index contributed by atoms with van der Waals surface area (Å²) in [6, 6.07) is 7.73. The maximum absolute atomic E-state index is 14.8. The first kappa shape index (κ1) is 22.4. The van der Waals surface area contributed by atoms with Gasteiger partial charge in [-0.25, -0.2) is 9.18 Å². The lowest BCUT2D eigenvalue weighted by Gasteiger charge is -2.32. The fourth-order valence-electron chi connectivity index (χ4n) is 4.96. The predicted octanol–water partition coefficient (Wildman–Crippen LogP) is 3.52. The van der Waals surface area contributed by atoms with Crippen molar-refractivity contribution >= 4 is 23.2 Å². The number of rotatable bonds is 6. The Morgan fingerprint density at radius 3 is 2.72 bits per heavy atom. The highest BCUT2D eigenvalue weighted by molar-refractivity contribution is 7.12. The molecule has 2 heterocycles. The van der Waals surface area contributed by atoms with Crippen LogP contribution < -0.4 is 10.6 Å². The molecule has 2 bridgehead atoms. The molecular formula is C24H26FN3O3S. The van der Waals surface area contributed by atoms with Gasteiger partial charge in [-0.15, -0.1) is 11.3 Å². The summed E-state index contributed by atoms with van der Waals surface area (Å²) in [5.74, 6) is 0.192. The summed E-state index contributed by atoms with van der Waals surface area (Å²) in [7, 11) is 1.31. The number of methoxy groups -OCH3 is 1. The maximum atomic E-state index is 14.8. The average molecular weight is 456 g/mol. The van der Waals surface area contributed by atoms with Gasteiger partial charge in [-0.2, -0.15) is 5.26 Å². The molecule has 1 aromatic heterocycles. The normalized spacial score (nSPS) is 27.0. The van der Waals surface area contributed by atoms with Gasteiger partial charge in [0.15, 0.2) is 0 Å². The van der Waals surface area contributed by atoms with Crippen molar-refractivity contribution in [2.75, 3.05) is 7.11 Å². The zero-order chi connectivity index (χ0) is 23.0. The molecule has 6 atom stereocenters. The highest BCUT2D eigenvalue weighted by Gasteiger charge is 2.51. The number of hydrogen-bond donors (Lipinski definition) is 2. The summed E-state index contributed by atoms with van der Waals surface area (Å²) in [5, 5.41) is 17.5. The quantitative estimate of drug-likeness (QED) is 0.651. The molecule has 2 fully saturated rings. The van der Waals surface area contributed by atoms with Crippen LogP contribution in [0.15, 0.2) is 29.6 Å². The van der Waals surface area contributed by atoms with Gasteiger partial charge in [0.25, 0.3) is 0 Å². The molecule has 2 aliphatic rings. The van der Waals surface area contributed by atoms with Gasteiger partial charge < -0.3 is 15.4 Å². The fourth-order valence-corrected chi connectivity index (χ4v) is 5.79. The van der Waals surface area contributed by atoms with Crippen molar-refractivity contribution in [2.45, 2.75) is 44.8 Å². The van der Waals surface area contributed by atoms with Crippen molar-refractivity contribution in [1.29, 1.82) is 5.26 Å². The number of ether oxygens (including phenoxy) is 1. The van der Waals surface area contributed by atoms with E-state index in [0.29, 0.717) is 33.9 Å². The smallest absolute Gasteiger partial charge is 0.348 e. The molecule has 6 nitrogen and oxygen atoms in total. The van der Waals surface area contributed by atoms with Crippen LogP contribution in [-0.2, 0) is 16.0 Å². The molecule has 1 aliphatic carbocycles. The number of halogens is 1. The number of carbonyl (C=O) groups excluding carboxylic acids is 2. The Kier molecular flexibility index (Phi) is 6.31. The second kappa shape index (κ2) is 9.00. The highest BCUT2D eigenvalue weighted by Crippen LogP contribution is 2.44. The summed E-state index contributed by atoms with van der Waals surface area (Å²) in [5.41, 5.74) is 1.70. The number of nitriles is 1. The van der Waals surface area contributed by atoms with E-state index in [9.17, 15) is 19.2 Å². The lowest BCUT2D eigenvalue weighted by Crippen LogP contribution is -2.54. The zero-order valence-electron chi connectivity index (χ0n) is 18.2. The Morgan fingerprint density at radius 2 is 2.09 bits per heavy atom. The van der Waals surface area contributed by atoms with Gasteiger partial charge in [0.2, 0.25) is 5.91 Å². The molecule has 1 amide bonds. The summed E-state index contributed by atoms with van der Waals surface area (Å²) in [6.45, 7) is 4.38. The number of amides is 1. The van der Waals surface area contributed by atoms with Crippen LogP contribution in [0.2, 0.25) is 0 Å². The Balaban J connectivity index is 1.41. The van der Waals surface area contributed by atoms with Crippen molar-refractivity contribution in [1.82, 2.24) is 10.6 Å². The Morgan fingerprint density at radius 1 is 1.31 bits per heavy atom. The van der Waals surface area contributed by atoms with Gasteiger partial charge in [-0.05, 0) is 58.4 Å². The van der Waals surface area contributed by atoms with Crippen LogP contribution in [-0.4, -0.2) is 37.1 Å². The minimum absolute atomic E-state index is 0.0815. The molecule has 8 heteroatoms. The first-order chi connectivity index (χ1) is 15.3. The van der Waals surface area contributed by atoms with Crippen molar-refractivity contribution in [3.63, 3.8) is 0 Å². The van der Waals surface area contributed by atoms with Crippen molar-refractivity contribution < 1.29 is 18.7 Å². The molecule has 2 aromatic rings. The largest absolute Gasteiger partial charge is 0.465 e. The van der Waals surface area contributed by atoms with Crippen LogP contribution in [0.1, 0.15) is 35.5 Å². The second-order valence-corrected chi connectivity index (χ2v) is 9.67. The maximum Gasteiger partial charge on any atom is 0.348 e. The molecule has 0 spiro atoms. The van der Waals surface area contributed by atoms with Crippen LogP contribution in [0.4, 0.5) is 4.39 Å². The third-order valence-corrected chi connectivity index (χ3v) is 7.95. The van der Waals surface area contributed by atoms with Gasteiger partial charge in [-0.1, -0.05) is 26.0 Å². The van der Waals surface area contributed by atoms with E-state index >= 15 is 0 Å². The molecule has 1 aliphatic heterocycles. The summed E-state index contributed by atoms with van der Waals surface area (Å²) in [4.78, 5) is 24.9. The summed E-state index contributed by atoms with van der Waals surface area (Å²) in [6.07, 6.45) is 1.06. The summed E-state index contributed by atoms with van der Waals surface area (Å²) >= 11 is 1.23. The fraction of sp³-hybridized carbons (Fsp3) is 0.458. The second-order valence-electron chi connectivity index (χ2n) is 8.76. The van der Waals surface area contributed by atoms with Crippen LogP contribution in [0.25, 0.3) is 11.1 Å². The molecule has 1 saturated heterocycles. The van der Waals surface area contributed by atoms with Gasteiger partial charge in [-0.3, -0.25) is 4.79 Å². The minimum atomic E-state index is -0.816. The standard InChI is InChI=1S/C24H26FN3O3S/c1-12-13(2)20-9-18(12)22(28-20)23(29)27-17(10-26)6-15-5-4-14(7-19(15)25)16-8-21(32-11-16)24(30)31-3/h4-5,7-8,11-13,17-18,20,22,28H,6,9H2,1-3H3,(H,27,29)/t12-,13+,17+,18-,20+,22+/m1/s1. The number of piperidine rings is 1. The number of benzene rings is 1. The van der Waals surface area contributed by atoms with E-state index in [0.717, 1.165) is 12.0 Å². The van der Waals surface area contributed by atoms with Gasteiger partial charge >= 0.3 is 5.97 Å². The first-order valence-electron chi connectivity index (χ1n) is 10.7. The third-order valence-electron chi connectivity index (χ3n) is 7.04. The first-order valence-corrected chi connectivity index (χ1v) is 11.6. The Bertz CT molecular complexity index is 1080. The lowest BCUT2D eigenvalue weighted by atomic mass is 9.84. The van der Waals surface area contributed by atoms with Gasteiger partial charge in [0.05, 0.1) is 19.2 Å². The number of nitrogens with one attached hydrogen (secondary N) is 2. The number of hydrogen-bond acceptors (Lipinski definition) is 6. The number of nitrogens with zero attached hydrogens (tertiary/aromatic N) is 1. The van der Waals surface area contributed by atoms with Crippen molar-refractivity contribution in [3.8, 4) is 17.2 Å². The van der Waals surface area contributed by atoms with Crippen molar-refractivity contribution in [3.05, 3.63) is 45.9 Å². The number of fused-ring (bicyclic) bond motifs is 2. The molecule has 2 N–H and O–H groups in total. The number of esters is 1. The highest BCUT2D eigenvalue weighted by atomic mass is 32.1. The van der Waals surface area contributed by atoms with Crippen LogP contribution in [0.5, 0.6) is 0 Å². The van der Waals surface area contributed by atoms with Crippen LogP contribution >= 0.6 is 11.3 Å². The van der Waals surface area contributed by atoms with Crippen LogP contribution in [0, 0.1) is 34.9 Å². The molecule has 1 saturated carbocycles. The number of thiophene rings is 1. The van der Waals surface area contributed by atoms with E-state index in [1.165, 1.54) is 24.5 Å². The van der Waals surface area contributed by atoms with E-state index in [1.807, 2.05) is 0 Å². The number of carbonyl (C=O) groups is 2. The monoisotopic (exact) mass is 455 g/mol. The average Bonchev–Trinajstić information content (AvgIpc) is 3.51. The third kappa shape index (κ3) is 4.15. The summed E-state index contributed by atoms with van der Waals surface area (Å²) < 4.78 is 19.5. The zero-order valence-corrected chi connectivity index (χ0v) is 19.0. The topological polar surface area (TPSA) is 91.2 Å². The van der Waals surface area contributed by atoms with Crippen LogP contribution in [0.3, 0.4) is 0 Å². The van der Waals surface area contributed by atoms with E-state index in [-0.39, 0.29) is 24.3 Å². The molecule has 4 rings (SSSR count). The minimum Gasteiger partial charge on any atom is -0.465 e. The molecular weight excluding hydrogens is 429 g/mol. The van der Waals surface area contributed by atoms with E-state index in [1.54, 1.807) is 23.6 Å². The van der Waals surface area contributed by atoms with E-state index < -0.39 is 17.8 Å². The SMILES string of the molecule is COC(=O)c1cc(-c2ccc(C[C@@H](C#N)NC(=O)[C@H]3N[C@H]4C[C@@H]3[C@H](C)[C@@H]4C)c(F)c2)cs1. The predicted molar refractivity (Wildman–Crippen MR) is 119 cm³/mol. The Labute approximate surface area is 190 Å². The van der Waals surface area contributed by atoms with Gasteiger partial charge in [0, 0.05) is 12.5 Å². The Hall–Kier alpha value is -2.76.